The van der Waals surface area contributed by atoms with Gasteiger partial charge in [-0.25, -0.2) is 0 Å². The van der Waals surface area contributed by atoms with Crippen LogP contribution in [0, 0.1) is 0 Å². The van der Waals surface area contributed by atoms with E-state index in [0.717, 1.165) is 13.0 Å². The molecule has 1 heterocycles. The fraction of sp³-hybridized carbons (Fsp3) is 0.875. The number of aliphatic hydroxyl groups excluding tert-OH is 1. The van der Waals surface area contributed by atoms with Gasteiger partial charge in [0.05, 0.1) is 12.7 Å². The third kappa shape index (κ3) is 2.19. The zero-order valence-corrected chi connectivity index (χ0v) is 7.25. The summed E-state index contributed by atoms with van der Waals surface area (Å²) in [6.45, 7) is 2.90. The van der Waals surface area contributed by atoms with Crippen LogP contribution in [0.3, 0.4) is 0 Å². The van der Waals surface area contributed by atoms with Crippen molar-refractivity contribution in [3.8, 4) is 0 Å². The molecule has 0 radical (unpaired) electrons. The lowest BCUT2D eigenvalue weighted by molar-refractivity contribution is -0.149. The quantitative estimate of drug-likeness (QED) is 0.561. The van der Waals surface area contributed by atoms with Gasteiger partial charge in [0.15, 0.2) is 0 Å². The standard InChI is InChI=1S/C8H15NO3/c1-2-12-8(11)7-6(10)4-3-5-9-7/h6-7,9-10H,2-5H2,1H3/t6-,7-/m0/s1. The fourth-order valence-electron chi connectivity index (χ4n) is 1.34. The van der Waals surface area contributed by atoms with E-state index in [0.29, 0.717) is 13.0 Å². The van der Waals surface area contributed by atoms with Crippen LogP contribution in [-0.2, 0) is 9.53 Å². The zero-order valence-electron chi connectivity index (χ0n) is 7.25. The second kappa shape index (κ2) is 4.42. The molecule has 70 valence electrons. The van der Waals surface area contributed by atoms with Crippen LogP contribution in [0.4, 0.5) is 0 Å². The highest BCUT2D eigenvalue weighted by molar-refractivity contribution is 5.76. The molecule has 0 spiro atoms. The van der Waals surface area contributed by atoms with Crippen molar-refractivity contribution in [3.63, 3.8) is 0 Å². The van der Waals surface area contributed by atoms with Gasteiger partial charge in [-0.1, -0.05) is 0 Å². The van der Waals surface area contributed by atoms with E-state index in [4.69, 9.17) is 4.74 Å². The third-order valence-corrected chi connectivity index (χ3v) is 1.97. The highest BCUT2D eigenvalue weighted by atomic mass is 16.5. The van der Waals surface area contributed by atoms with Crippen LogP contribution >= 0.6 is 0 Å². The molecule has 0 unspecified atom stereocenters. The van der Waals surface area contributed by atoms with Crippen molar-refractivity contribution >= 4 is 5.97 Å². The summed E-state index contributed by atoms with van der Waals surface area (Å²) >= 11 is 0. The van der Waals surface area contributed by atoms with Crippen molar-refractivity contribution in [2.45, 2.75) is 31.9 Å². The molecule has 1 aliphatic rings. The minimum Gasteiger partial charge on any atom is -0.465 e. The molecule has 12 heavy (non-hydrogen) atoms. The second-order valence-corrected chi connectivity index (χ2v) is 2.89. The van der Waals surface area contributed by atoms with Gasteiger partial charge in [-0.2, -0.15) is 0 Å². The van der Waals surface area contributed by atoms with Crippen LogP contribution in [-0.4, -0.2) is 36.4 Å². The van der Waals surface area contributed by atoms with Gasteiger partial charge in [-0.3, -0.25) is 4.79 Å². The minimum absolute atomic E-state index is 0.343. The van der Waals surface area contributed by atoms with E-state index in [1.165, 1.54) is 0 Å². The van der Waals surface area contributed by atoms with E-state index >= 15 is 0 Å². The summed E-state index contributed by atoms with van der Waals surface area (Å²) in [4.78, 5) is 11.2. The smallest absolute Gasteiger partial charge is 0.325 e. The van der Waals surface area contributed by atoms with Gasteiger partial charge < -0.3 is 15.2 Å². The maximum Gasteiger partial charge on any atom is 0.325 e. The summed E-state index contributed by atoms with van der Waals surface area (Å²) in [5, 5.41) is 12.3. The monoisotopic (exact) mass is 173 g/mol. The predicted octanol–water partition coefficient (Wildman–Crippen LogP) is -0.338. The van der Waals surface area contributed by atoms with Crippen molar-refractivity contribution in [1.29, 1.82) is 0 Å². The van der Waals surface area contributed by atoms with Crippen molar-refractivity contribution < 1.29 is 14.6 Å². The van der Waals surface area contributed by atoms with Crippen LogP contribution < -0.4 is 5.32 Å². The molecule has 0 aliphatic carbocycles. The number of hydrogen-bond donors (Lipinski definition) is 2. The Bertz CT molecular complexity index is 160. The number of piperidine rings is 1. The van der Waals surface area contributed by atoms with Gasteiger partial charge in [0.25, 0.3) is 0 Å². The van der Waals surface area contributed by atoms with Crippen LogP contribution in [0.2, 0.25) is 0 Å². The molecule has 2 N–H and O–H groups in total. The van der Waals surface area contributed by atoms with Crippen molar-refractivity contribution in [2.75, 3.05) is 13.2 Å². The number of hydrogen-bond acceptors (Lipinski definition) is 4. The lowest BCUT2D eigenvalue weighted by atomic mass is 10.0. The summed E-state index contributed by atoms with van der Waals surface area (Å²) in [5.41, 5.74) is 0. The zero-order chi connectivity index (χ0) is 8.97. The van der Waals surface area contributed by atoms with Gasteiger partial charge in [0, 0.05) is 0 Å². The summed E-state index contributed by atoms with van der Waals surface area (Å²) in [6.07, 6.45) is 1.01. The largest absolute Gasteiger partial charge is 0.465 e. The molecule has 1 rings (SSSR count). The van der Waals surface area contributed by atoms with E-state index in [9.17, 15) is 9.90 Å². The Labute approximate surface area is 71.9 Å². The number of aliphatic hydroxyl groups is 1. The number of ether oxygens (including phenoxy) is 1. The Hall–Kier alpha value is -0.610. The summed E-state index contributed by atoms with van der Waals surface area (Å²) in [7, 11) is 0. The number of carbonyl (C=O) groups is 1. The molecule has 1 aliphatic heterocycles. The molecule has 1 fully saturated rings. The van der Waals surface area contributed by atoms with Crippen molar-refractivity contribution in [1.82, 2.24) is 5.32 Å². The maximum atomic E-state index is 11.2. The maximum absolute atomic E-state index is 11.2. The highest BCUT2D eigenvalue weighted by Crippen LogP contribution is 2.09. The minimum atomic E-state index is -0.585. The topological polar surface area (TPSA) is 58.6 Å². The van der Waals surface area contributed by atoms with E-state index in [1.807, 2.05) is 0 Å². The Morgan fingerprint density at radius 1 is 1.75 bits per heavy atom. The average Bonchev–Trinajstić information content (AvgIpc) is 2.05. The first-order chi connectivity index (χ1) is 5.75. The summed E-state index contributed by atoms with van der Waals surface area (Å²) in [6, 6.07) is -0.515. The molecule has 2 atom stereocenters. The molecule has 0 saturated carbocycles. The molecule has 0 aromatic carbocycles. The third-order valence-electron chi connectivity index (χ3n) is 1.97. The molecule has 0 aromatic rings. The lowest BCUT2D eigenvalue weighted by Crippen LogP contribution is -2.50. The SMILES string of the molecule is CCOC(=O)[C@H]1NCCC[C@@H]1O. The van der Waals surface area contributed by atoms with E-state index in [-0.39, 0.29) is 5.97 Å². The molecule has 0 aromatic heterocycles. The van der Waals surface area contributed by atoms with Gasteiger partial charge >= 0.3 is 5.97 Å². The first-order valence-electron chi connectivity index (χ1n) is 4.33. The van der Waals surface area contributed by atoms with Crippen LogP contribution in [0.5, 0.6) is 0 Å². The fourth-order valence-corrected chi connectivity index (χ4v) is 1.34. The Balaban J connectivity index is 2.42. The first kappa shape index (κ1) is 9.48. The Kier molecular flexibility index (Phi) is 3.49. The Morgan fingerprint density at radius 2 is 2.50 bits per heavy atom. The molecular weight excluding hydrogens is 158 g/mol. The van der Waals surface area contributed by atoms with E-state index in [2.05, 4.69) is 5.32 Å². The van der Waals surface area contributed by atoms with Crippen molar-refractivity contribution in [2.24, 2.45) is 0 Å². The van der Waals surface area contributed by atoms with E-state index < -0.39 is 12.1 Å². The summed E-state index contributed by atoms with van der Waals surface area (Å²) < 4.78 is 4.79. The van der Waals surface area contributed by atoms with E-state index in [1.54, 1.807) is 6.92 Å². The highest BCUT2D eigenvalue weighted by Gasteiger charge is 2.29. The number of esters is 1. The molecule has 0 bridgehead atoms. The molecular formula is C8H15NO3. The van der Waals surface area contributed by atoms with Gasteiger partial charge in [-0.15, -0.1) is 0 Å². The first-order valence-corrected chi connectivity index (χ1v) is 4.33. The normalized spacial score (nSPS) is 29.8. The molecule has 0 amide bonds. The second-order valence-electron chi connectivity index (χ2n) is 2.89. The average molecular weight is 173 g/mol. The number of carbonyl (C=O) groups excluding carboxylic acids is 1. The molecule has 1 saturated heterocycles. The van der Waals surface area contributed by atoms with Crippen LogP contribution in [0.15, 0.2) is 0 Å². The van der Waals surface area contributed by atoms with Gasteiger partial charge in [0.1, 0.15) is 6.04 Å². The lowest BCUT2D eigenvalue weighted by Gasteiger charge is -2.26. The number of rotatable bonds is 2. The van der Waals surface area contributed by atoms with Gasteiger partial charge in [0.2, 0.25) is 0 Å². The molecule has 4 nitrogen and oxygen atoms in total. The van der Waals surface area contributed by atoms with Crippen LogP contribution in [0.25, 0.3) is 0 Å². The Morgan fingerprint density at radius 3 is 3.08 bits per heavy atom. The summed E-state index contributed by atoms with van der Waals surface area (Å²) in [5.74, 6) is -0.343. The predicted molar refractivity (Wildman–Crippen MR) is 43.7 cm³/mol. The van der Waals surface area contributed by atoms with Crippen molar-refractivity contribution in [3.05, 3.63) is 0 Å². The van der Waals surface area contributed by atoms with Gasteiger partial charge in [-0.05, 0) is 26.3 Å². The molecule has 4 heteroatoms. The van der Waals surface area contributed by atoms with Crippen LogP contribution in [0.1, 0.15) is 19.8 Å². The number of nitrogens with one attached hydrogen (secondary N) is 1.